The number of rotatable bonds is 10. The lowest BCUT2D eigenvalue weighted by molar-refractivity contribution is 0.174. The Bertz CT molecular complexity index is 337. The lowest BCUT2D eigenvalue weighted by atomic mass is 10.0. The van der Waals surface area contributed by atoms with Crippen molar-refractivity contribution in [3.05, 3.63) is 35.9 Å². The first kappa shape index (κ1) is 17.2. The summed E-state index contributed by atoms with van der Waals surface area (Å²) in [5.41, 5.74) is 1.43. The molecule has 0 spiro atoms. The van der Waals surface area contributed by atoms with Crippen molar-refractivity contribution >= 4 is 0 Å². The summed E-state index contributed by atoms with van der Waals surface area (Å²) in [6, 6.07) is 11.4. The summed E-state index contributed by atoms with van der Waals surface area (Å²) in [4.78, 5) is 2.62. The van der Waals surface area contributed by atoms with E-state index in [1.54, 1.807) is 0 Å². The van der Waals surface area contributed by atoms with E-state index in [0.717, 1.165) is 25.6 Å². The predicted molar refractivity (Wildman–Crippen MR) is 89.0 cm³/mol. The molecule has 0 aliphatic rings. The van der Waals surface area contributed by atoms with Crippen LogP contribution in [0.5, 0.6) is 0 Å². The minimum Gasteiger partial charge on any atom is -0.315 e. The maximum Gasteiger partial charge on any atom is 0.0472 e. The van der Waals surface area contributed by atoms with Crippen molar-refractivity contribution in [1.82, 2.24) is 10.2 Å². The van der Waals surface area contributed by atoms with Crippen LogP contribution in [-0.2, 0) is 0 Å². The number of hydrogen-bond donors (Lipinski definition) is 1. The van der Waals surface area contributed by atoms with Gasteiger partial charge in [-0.1, -0.05) is 64.4 Å². The second kappa shape index (κ2) is 9.95. The Balaban J connectivity index is 2.78. The van der Waals surface area contributed by atoms with E-state index in [0.29, 0.717) is 6.04 Å². The molecule has 0 bridgehead atoms. The second-order valence-corrected chi connectivity index (χ2v) is 5.73. The van der Waals surface area contributed by atoms with Crippen LogP contribution in [-0.4, -0.2) is 31.1 Å². The van der Waals surface area contributed by atoms with E-state index in [4.69, 9.17) is 0 Å². The highest BCUT2D eigenvalue weighted by molar-refractivity contribution is 5.19. The second-order valence-electron chi connectivity index (χ2n) is 5.73. The molecule has 1 aromatic rings. The standard InChI is InChI=1S/C18H32N2/c1-5-13-19-14-18(17-11-9-8-10-12-17)20(7-3)15-16(4)6-2/h8-12,16,18-19H,5-7,13-15H2,1-4H3. The molecule has 2 unspecified atom stereocenters. The highest BCUT2D eigenvalue weighted by Gasteiger charge is 2.19. The summed E-state index contributed by atoms with van der Waals surface area (Å²) in [6.45, 7) is 13.6. The van der Waals surface area contributed by atoms with Crippen LogP contribution < -0.4 is 5.32 Å². The summed E-state index contributed by atoms with van der Waals surface area (Å²) in [6.07, 6.45) is 2.44. The van der Waals surface area contributed by atoms with Gasteiger partial charge >= 0.3 is 0 Å². The third-order valence-electron chi connectivity index (χ3n) is 4.04. The highest BCUT2D eigenvalue weighted by Crippen LogP contribution is 2.21. The van der Waals surface area contributed by atoms with Crippen LogP contribution >= 0.6 is 0 Å². The fourth-order valence-electron chi connectivity index (χ4n) is 2.55. The van der Waals surface area contributed by atoms with Gasteiger partial charge in [0.05, 0.1) is 0 Å². The van der Waals surface area contributed by atoms with Gasteiger partial charge in [-0.3, -0.25) is 4.90 Å². The van der Waals surface area contributed by atoms with Crippen LogP contribution in [0.1, 0.15) is 52.1 Å². The van der Waals surface area contributed by atoms with Gasteiger partial charge in [-0.05, 0) is 31.0 Å². The fraction of sp³-hybridized carbons (Fsp3) is 0.667. The van der Waals surface area contributed by atoms with Crippen molar-refractivity contribution in [1.29, 1.82) is 0 Å². The van der Waals surface area contributed by atoms with E-state index in [2.05, 4.69) is 68.2 Å². The minimum absolute atomic E-state index is 0.488. The molecule has 2 atom stereocenters. The average Bonchev–Trinajstić information content (AvgIpc) is 2.50. The third-order valence-corrected chi connectivity index (χ3v) is 4.04. The molecule has 2 heteroatoms. The molecule has 20 heavy (non-hydrogen) atoms. The van der Waals surface area contributed by atoms with Gasteiger partial charge in [-0.15, -0.1) is 0 Å². The van der Waals surface area contributed by atoms with Gasteiger partial charge < -0.3 is 5.32 Å². The van der Waals surface area contributed by atoms with Crippen LogP contribution in [0.3, 0.4) is 0 Å². The topological polar surface area (TPSA) is 15.3 Å². The van der Waals surface area contributed by atoms with Crippen molar-refractivity contribution in [2.45, 2.75) is 46.6 Å². The van der Waals surface area contributed by atoms with Crippen LogP contribution in [0.25, 0.3) is 0 Å². The summed E-state index contributed by atoms with van der Waals surface area (Å²) in [5.74, 6) is 0.757. The summed E-state index contributed by atoms with van der Waals surface area (Å²) < 4.78 is 0. The molecule has 1 N–H and O–H groups in total. The largest absolute Gasteiger partial charge is 0.315 e. The fourth-order valence-corrected chi connectivity index (χ4v) is 2.55. The molecule has 0 fully saturated rings. The number of hydrogen-bond acceptors (Lipinski definition) is 2. The number of nitrogens with one attached hydrogen (secondary N) is 1. The first-order chi connectivity index (χ1) is 9.72. The van der Waals surface area contributed by atoms with Gasteiger partial charge in [0.1, 0.15) is 0 Å². The molecule has 0 heterocycles. The normalized spacial score (nSPS) is 14.4. The molecular weight excluding hydrogens is 244 g/mol. The van der Waals surface area contributed by atoms with Crippen molar-refractivity contribution in [2.24, 2.45) is 5.92 Å². The van der Waals surface area contributed by atoms with Crippen LogP contribution in [0.15, 0.2) is 30.3 Å². The highest BCUT2D eigenvalue weighted by atomic mass is 15.2. The zero-order valence-corrected chi connectivity index (χ0v) is 13.7. The molecule has 0 aliphatic carbocycles. The Kier molecular flexibility index (Phi) is 8.56. The summed E-state index contributed by atoms with van der Waals surface area (Å²) in [7, 11) is 0. The molecule has 2 nitrogen and oxygen atoms in total. The quantitative estimate of drug-likeness (QED) is 0.647. The summed E-state index contributed by atoms with van der Waals surface area (Å²) >= 11 is 0. The van der Waals surface area contributed by atoms with Gasteiger partial charge in [0.15, 0.2) is 0 Å². The van der Waals surface area contributed by atoms with Gasteiger partial charge in [0.2, 0.25) is 0 Å². The predicted octanol–water partition coefficient (Wildman–Crippen LogP) is 4.10. The first-order valence-electron chi connectivity index (χ1n) is 8.22. The van der Waals surface area contributed by atoms with Gasteiger partial charge in [-0.2, -0.15) is 0 Å². The van der Waals surface area contributed by atoms with Crippen molar-refractivity contribution < 1.29 is 0 Å². The molecule has 1 rings (SSSR count). The molecule has 0 radical (unpaired) electrons. The molecule has 0 aromatic heterocycles. The molecule has 114 valence electrons. The van der Waals surface area contributed by atoms with Gasteiger partial charge in [0, 0.05) is 19.1 Å². The number of likely N-dealkylation sites (N-methyl/N-ethyl adjacent to an activating group) is 1. The molecule has 0 amide bonds. The Morgan fingerprint density at radius 2 is 1.80 bits per heavy atom. The van der Waals surface area contributed by atoms with Crippen LogP contribution in [0.2, 0.25) is 0 Å². The van der Waals surface area contributed by atoms with Crippen LogP contribution in [0.4, 0.5) is 0 Å². The van der Waals surface area contributed by atoms with E-state index in [9.17, 15) is 0 Å². The van der Waals surface area contributed by atoms with E-state index in [1.165, 1.54) is 24.9 Å². The molecule has 0 aliphatic heterocycles. The smallest absolute Gasteiger partial charge is 0.0472 e. The van der Waals surface area contributed by atoms with Crippen molar-refractivity contribution in [3.63, 3.8) is 0 Å². The Labute approximate surface area is 125 Å². The van der Waals surface area contributed by atoms with E-state index < -0.39 is 0 Å². The van der Waals surface area contributed by atoms with Crippen LogP contribution in [0, 0.1) is 5.92 Å². The summed E-state index contributed by atoms with van der Waals surface area (Å²) in [5, 5.41) is 3.60. The van der Waals surface area contributed by atoms with Gasteiger partial charge in [-0.25, -0.2) is 0 Å². The molecule has 0 saturated carbocycles. The molecular formula is C18H32N2. The first-order valence-corrected chi connectivity index (χ1v) is 8.22. The maximum absolute atomic E-state index is 3.60. The number of benzene rings is 1. The zero-order valence-electron chi connectivity index (χ0n) is 13.7. The zero-order chi connectivity index (χ0) is 14.8. The Morgan fingerprint density at radius 1 is 1.10 bits per heavy atom. The van der Waals surface area contributed by atoms with Crippen molar-refractivity contribution in [2.75, 3.05) is 26.2 Å². The van der Waals surface area contributed by atoms with E-state index in [-0.39, 0.29) is 0 Å². The Hall–Kier alpha value is -0.860. The number of nitrogens with zero attached hydrogens (tertiary/aromatic N) is 1. The van der Waals surface area contributed by atoms with E-state index >= 15 is 0 Å². The van der Waals surface area contributed by atoms with Crippen molar-refractivity contribution in [3.8, 4) is 0 Å². The monoisotopic (exact) mass is 276 g/mol. The average molecular weight is 276 g/mol. The minimum atomic E-state index is 0.488. The SMILES string of the molecule is CCCNCC(c1ccccc1)N(CC)CC(C)CC. The third kappa shape index (κ3) is 5.64. The lowest BCUT2D eigenvalue weighted by Gasteiger charge is -2.33. The molecule has 1 aromatic carbocycles. The Morgan fingerprint density at radius 3 is 2.35 bits per heavy atom. The van der Waals surface area contributed by atoms with Gasteiger partial charge in [0.25, 0.3) is 0 Å². The molecule has 0 saturated heterocycles. The van der Waals surface area contributed by atoms with E-state index in [1.807, 2.05) is 0 Å². The lowest BCUT2D eigenvalue weighted by Crippen LogP contribution is -2.38. The maximum atomic E-state index is 3.60.